The number of amides is 1. The first-order valence-corrected chi connectivity index (χ1v) is 6.49. The summed E-state index contributed by atoms with van der Waals surface area (Å²) in [6, 6.07) is 0. The Balaban J connectivity index is 2.71. The zero-order valence-corrected chi connectivity index (χ0v) is 12.5. The Kier molecular flexibility index (Phi) is 5.24. The van der Waals surface area contributed by atoms with Gasteiger partial charge < -0.3 is 14.6 Å². The van der Waals surface area contributed by atoms with Crippen LogP contribution < -0.4 is 5.32 Å². The summed E-state index contributed by atoms with van der Waals surface area (Å²) in [5, 5.41) is 6.25. The number of hydrogen-bond donors (Lipinski definition) is 1. The van der Waals surface area contributed by atoms with Gasteiger partial charge in [0.1, 0.15) is 5.92 Å². The highest BCUT2D eigenvalue weighted by Crippen LogP contribution is 2.27. The van der Waals surface area contributed by atoms with Gasteiger partial charge >= 0.3 is 5.97 Å². The Bertz CT molecular complexity index is 476. The van der Waals surface area contributed by atoms with Gasteiger partial charge in [-0.3, -0.25) is 9.59 Å². The number of rotatable bonds is 5. The predicted octanol–water partition coefficient (Wildman–Crippen LogP) is 1.22. The Morgan fingerprint density at radius 1 is 1.40 bits per heavy atom. The highest BCUT2D eigenvalue weighted by molar-refractivity contribution is 5.98. The lowest BCUT2D eigenvalue weighted by Crippen LogP contribution is -2.43. The van der Waals surface area contributed by atoms with Gasteiger partial charge in [-0.05, 0) is 19.3 Å². The number of aromatic nitrogens is 2. The average Bonchev–Trinajstić information content (AvgIpc) is 2.71. The molecule has 0 fully saturated rings. The summed E-state index contributed by atoms with van der Waals surface area (Å²) in [6.07, 6.45) is 0. The molecule has 0 aliphatic carbocycles. The molecule has 0 aliphatic heterocycles. The Labute approximate surface area is 118 Å². The topological polar surface area (TPSA) is 94.3 Å². The second kappa shape index (κ2) is 6.49. The van der Waals surface area contributed by atoms with Gasteiger partial charge in [0.2, 0.25) is 11.8 Å². The molecule has 0 spiro atoms. The number of hydrogen-bond acceptors (Lipinski definition) is 6. The van der Waals surface area contributed by atoms with Crippen molar-refractivity contribution in [3.8, 4) is 0 Å². The van der Waals surface area contributed by atoms with E-state index in [0.717, 1.165) is 0 Å². The van der Waals surface area contributed by atoms with E-state index in [-0.39, 0.29) is 13.2 Å². The van der Waals surface area contributed by atoms with E-state index in [0.29, 0.717) is 11.7 Å². The minimum atomic E-state index is -0.883. The standard InChI is InChI=1S/C13H21N3O4/c1-6-19-12(18)10(13(3,4)5)11(17)14-7-9-15-8(2)16-20-9/h10H,6-7H2,1-5H3,(H,14,17). The second-order valence-electron chi connectivity index (χ2n) is 5.50. The van der Waals surface area contributed by atoms with E-state index in [1.165, 1.54) is 0 Å². The number of carbonyl (C=O) groups excluding carboxylic acids is 2. The normalized spacial score (nSPS) is 12.8. The van der Waals surface area contributed by atoms with E-state index in [4.69, 9.17) is 9.26 Å². The lowest BCUT2D eigenvalue weighted by Gasteiger charge is -2.27. The molecule has 1 N–H and O–H groups in total. The third-order valence-corrected chi connectivity index (χ3v) is 2.63. The molecule has 1 atom stereocenters. The van der Waals surface area contributed by atoms with Crippen molar-refractivity contribution in [1.82, 2.24) is 15.5 Å². The number of carbonyl (C=O) groups is 2. The highest BCUT2D eigenvalue weighted by atomic mass is 16.5. The summed E-state index contributed by atoms with van der Waals surface area (Å²) in [6.45, 7) is 9.15. The molecular formula is C13H21N3O4. The van der Waals surface area contributed by atoms with Gasteiger partial charge in [0, 0.05) is 0 Å². The monoisotopic (exact) mass is 283 g/mol. The van der Waals surface area contributed by atoms with Gasteiger partial charge in [-0.1, -0.05) is 25.9 Å². The highest BCUT2D eigenvalue weighted by Gasteiger charge is 2.38. The van der Waals surface area contributed by atoms with E-state index in [1.54, 1.807) is 13.8 Å². The van der Waals surface area contributed by atoms with Crippen LogP contribution >= 0.6 is 0 Å². The van der Waals surface area contributed by atoms with Crippen LogP contribution in [0, 0.1) is 18.3 Å². The SMILES string of the molecule is CCOC(=O)C(C(=O)NCc1nc(C)no1)C(C)(C)C. The average molecular weight is 283 g/mol. The van der Waals surface area contributed by atoms with Crippen molar-refractivity contribution in [1.29, 1.82) is 0 Å². The molecule has 1 heterocycles. The molecule has 1 rings (SSSR count). The maximum absolute atomic E-state index is 12.2. The summed E-state index contributed by atoms with van der Waals surface area (Å²) >= 11 is 0. The molecule has 7 heteroatoms. The van der Waals surface area contributed by atoms with Gasteiger partial charge in [-0.25, -0.2) is 0 Å². The van der Waals surface area contributed by atoms with Gasteiger partial charge in [0.05, 0.1) is 13.2 Å². The maximum Gasteiger partial charge on any atom is 0.319 e. The minimum absolute atomic E-state index is 0.0889. The maximum atomic E-state index is 12.2. The molecule has 0 aliphatic rings. The fraction of sp³-hybridized carbons (Fsp3) is 0.692. The van der Waals surface area contributed by atoms with Crippen LogP contribution in [0.1, 0.15) is 39.4 Å². The third-order valence-electron chi connectivity index (χ3n) is 2.63. The van der Waals surface area contributed by atoms with Crippen LogP contribution in [-0.2, 0) is 20.9 Å². The van der Waals surface area contributed by atoms with Crippen molar-refractivity contribution < 1.29 is 18.8 Å². The van der Waals surface area contributed by atoms with Crippen LogP contribution in [0.15, 0.2) is 4.52 Å². The molecule has 1 aromatic heterocycles. The molecule has 0 radical (unpaired) electrons. The lowest BCUT2D eigenvalue weighted by atomic mass is 9.80. The molecule has 1 aromatic rings. The van der Waals surface area contributed by atoms with E-state index >= 15 is 0 Å². The number of ether oxygens (including phenoxy) is 1. The van der Waals surface area contributed by atoms with Crippen molar-refractivity contribution in [3.05, 3.63) is 11.7 Å². The summed E-state index contributed by atoms with van der Waals surface area (Å²) in [4.78, 5) is 28.1. The molecule has 0 bridgehead atoms. The largest absolute Gasteiger partial charge is 0.465 e. The van der Waals surface area contributed by atoms with Crippen LogP contribution in [0.2, 0.25) is 0 Å². The molecule has 20 heavy (non-hydrogen) atoms. The van der Waals surface area contributed by atoms with Crippen molar-refractivity contribution in [2.45, 2.75) is 41.2 Å². The van der Waals surface area contributed by atoms with E-state index in [1.807, 2.05) is 20.8 Å². The van der Waals surface area contributed by atoms with Crippen molar-refractivity contribution >= 4 is 11.9 Å². The van der Waals surface area contributed by atoms with Gasteiger partial charge in [0.25, 0.3) is 0 Å². The van der Waals surface area contributed by atoms with Crippen molar-refractivity contribution in [2.24, 2.45) is 11.3 Å². The fourth-order valence-electron chi connectivity index (χ4n) is 1.76. The van der Waals surface area contributed by atoms with Crippen LogP contribution in [0.3, 0.4) is 0 Å². The second-order valence-corrected chi connectivity index (χ2v) is 5.50. The zero-order valence-electron chi connectivity index (χ0n) is 12.5. The summed E-state index contributed by atoms with van der Waals surface area (Å²) in [5.41, 5.74) is -0.541. The molecule has 0 saturated heterocycles. The van der Waals surface area contributed by atoms with E-state index < -0.39 is 23.2 Å². The predicted molar refractivity (Wildman–Crippen MR) is 70.5 cm³/mol. The Morgan fingerprint density at radius 3 is 2.50 bits per heavy atom. The van der Waals surface area contributed by atoms with Crippen LogP contribution in [0.4, 0.5) is 0 Å². The minimum Gasteiger partial charge on any atom is -0.465 e. The van der Waals surface area contributed by atoms with Gasteiger partial charge in [-0.15, -0.1) is 0 Å². The third kappa shape index (κ3) is 4.32. The van der Waals surface area contributed by atoms with Gasteiger partial charge in [0.15, 0.2) is 5.82 Å². The summed E-state index contributed by atoms with van der Waals surface area (Å²) < 4.78 is 9.85. The van der Waals surface area contributed by atoms with Crippen molar-refractivity contribution in [3.63, 3.8) is 0 Å². The van der Waals surface area contributed by atoms with Crippen LogP contribution in [0.5, 0.6) is 0 Å². The smallest absolute Gasteiger partial charge is 0.319 e. The molecular weight excluding hydrogens is 262 g/mol. The molecule has 112 valence electrons. The number of nitrogens with zero attached hydrogens (tertiary/aromatic N) is 2. The number of nitrogens with one attached hydrogen (secondary N) is 1. The van der Waals surface area contributed by atoms with E-state index in [9.17, 15) is 9.59 Å². The van der Waals surface area contributed by atoms with Gasteiger partial charge in [-0.2, -0.15) is 4.98 Å². The number of aryl methyl sites for hydroxylation is 1. The fourth-order valence-corrected chi connectivity index (χ4v) is 1.76. The molecule has 1 unspecified atom stereocenters. The zero-order chi connectivity index (χ0) is 15.3. The molecule has 7 nitrogen and oxygen atoms in total. The number of esters is 1. The molecule has 0 saturated carbocycles. The van der Waals surface area contributed by atoms with Crippen LogP contribution in [0.25, 0.3) is 0 Å². The summed E-state index contributed by atoms with van der Waals surface area (Å²) in [5.74, 6) is -1.03. The first-order valence-electron chi connectivity index (χ1n) is 6.49. The van der Waals surface area contributed by atoms with Crippen LogP contribution in [-0.4, -0.2) is 28.6 Å². The lowest BCUT2D eigenvalue weighted by molar-refractivity contribution is -0.156. The molecule has 0 aromatic carbocycles. The Morgan fingerprint density at radius 2 is 2.05 bits per heavy atom. The summed E-state index contributed by atoms with van der Waals surface area (Å²) in [7, 11) is 0. The molecule has 1 amide bonds. The first kappa shape index (κ1) is 16.1. The van der Waals surface area contributed by atoms with Crippen molar-refractivity contribution in [2.75, 3.05) is 6.61 Å². The Hall–Kier alpha value is -1.92. The van der Waals surface area contributed by atoms with E-state index in [2.05, 4.69) is 15.5 Å². The quantitative estimate of drug-likeness (QED) is 0.645. The first-order chi connectivity index (χ1) is 9.25.